The normalized spacial score (nSPS) is 11.0. The molecule has 0 atom stereocenters. The van der Waals surface area contributed by atoms with E-state index in [1.165, 1.54) is 67.3 Å². The first kappa shape index (κ1) is 29.0. The summed E-state index contributed by atoms with van der Waals surface area (Å²) >= 11 is 0. The molecule has 218 valence electrons. The first-order valence-corrected chi connectivity index (χ1v) is 15.4. The van der Waals surface area contributed by atoms with Crippen LogP contribution in [0.5, 0.6) is 0 Å². The molecule has 6 aromatic carbocycles. The highest BCUT2D eigenvalue weighted by molar-refractivity contribution is 5.83. The Morgan fingerprint density at radius 2 is 0.682 bits per heavy atom. The molecule has 0 aromatic heterocycles. The van der Waals surface area contributed by atoms with E-state index in [1.54, 1.807) is 0 Å². The minimum Gasteiger partial charge on any atom is -0.310 e. The molecule has 0 aliphatic heterocycles. The zero-order valence-corrected chi connectivity index (χ0v) is 26.6. The van der Waals surface area contributed by atoms with Gasteiger partial charge in [-0.1, -0.05) is 60.7 Å². The minimum absolute atomic E-state index is 1.15. The average molecular weight is 573 g/mol. The van der Waals surface area contributed by atoms with Crippen molar-refractivity contribution in [1.29, 1.82) is 0 Å². The van der Waals surface area contributed by atoms with Crippen molar-refractivity contribution in [3.8, 4) is 11.1 Å². The quantitative estimate of drug-likeness (QED) is 0.188. The van der Waals surface area contributed by atoms with Crippen LogP contribution in [0.15, 0.2) is 133 Å². The van der Waals surface area contributed by atoms with Gasteiger partial charge in [-0.2, -0.15) is 0 Å². The lowest BCUT2D eigenvalue weighted by atomic mass is 9.98. The van der Waals surface area contributed by atoms with Gasteiger partial charge in [-0.25, -0.2) is 0 Å². The Morgan fingerprint density at radius 3 is 1.02 bits per heavy atom. The molecular formula is C42H40N2. The van der Waals surface area contributed by atoms with Crippen LogP contribution in [0.1, 0.15) is 33.4 Å². The first-order valence-electron chi connectivity index (χ1n) is 15.4. The number of hydrogen-bond acceptors (Lipinski definition) is 2. The minimum atomic E-state index is 1.15. The number of rotatable bonds is 7. The molecule has 0 radical (unpaired) electrons. The van der Waals surface area contributed by atoms with Crippen molar-refractivity contribution in [2.75, 3.05) is 9.80 Å². The second-order valence-corrected chi connectivity index (χ2v) is 11.9. The van der Waals surface area contributed by atoms with Gasteiger partial charge in [-0.15, -0.1) is 0 Å². The van der Waals surface area contributed by atoms with Gasteiger partial charge in [0, 0.05) is 34.1 Å². The van der Waals surface area contributed by atoms with Crippen LogP contribution in [0.3, 0.4) is 0 Å². The third-order valence-electron chi connectivity index (χ3n) is 8.73. The fraction of sp³-hybridized carbons (Fsp3) is 0.143. The molecule has 0 saturated heterocycles. The van der Waals surface area contributed by atoms with E-state index in [-0.39, 0.29) is 0 Å². The highest BCUT2D eigenvalue weighted by atomic mass is 15.1. The van der Waals surface area contributed by atoms with Gasteiger partial charge >= 0.3 is 0 Å². The number of aryl methyl sites for hydroxylation is 6. The zero-order chi connectivity index (χ0) is 30.8. The summed E-state index contributed by atoms with van der Waals surface area (Å²) in [6.45, 7) is 13.1. The van der Waals surface area contributed by atoms with Crippen molar-refractivity contribution in [1.82, 2.24) is 0 Å². The van der Waals surface area contributed by atoms with E-state index in [0.717, 1.165) is 11.4 Å². The number of hydrogen-bond donors (Lipinski definition) is 0. The first-order chi connectivity index (χ1) is 21.3. The van der Waals surface area contributed by atoms with Gasteiger partial charge in [-0.3, -0.25) is 0 Å². The molecule has 2 nitrogen and oxygen atoms in total. The number of benzene rings is 6. The fourth-order valence-corrected chi connectivity index (χ4v) is 5.91. The monoisotopic (exact) mass is 572 g/mol. The van der Waals surface area contributed by atoms with Crippen LogP contribution >= 0.6 is 0 Å². The predicted octanol–water partition coefficient (Wildman–Crippen LogP) is 12.1. The van der Waals surface area contributed by atoms with Gasteiger partial charge in [-0.05, 0) is 159 Å². The molecule has 0 aliphatic rings. The number of anilines is 6. The Kier molecular flexibility index (Phi) is 8.09. The average Bonchev–Trinajstić information content (AvgIpc) is 3.03. The molecule has 0 spiro atoms. The molecule has 0 fully saturated rings. The Balaban J connectivity index is 1.39. The van der Waals surface area contributed by atoms with Crippen LogP contribution in [0.2, 0.25) is 0 Å². The van der Waals surface area contributed by atoms with Crippen molar-refractivity contribution in [3.63, 3.8) is 0 Å². The molecule has 0 heterocycles. The van der Waals surface area contributed by atoms with Gasteiger partial charge < -0.3 is 9.80 Å². The van der Waals surface area contributed by atoms with E-state index in [0.29, 0.717) is 0 Å². The van der Waals surface area contributed by atoms with Crippen LogP contribution in [0, 0.1) is 41.5 Å². The highest BCUT2D eigenvalue weighted by Gasteiger charge is 2.18. The molecule has 44 heavy (non-hydrogen) atoms. The summed E-state index contributed by atoms with van der Waals surface area (Å²) < 4.78 is 0. The molecule has 2 heteroatoms. The SMILES string of the molecule is Cc1ccc(N(c2ccccc2)c2ccc(-c3ccc(N(c4ccccc4)c4ccc(C)c(C)c4)c(C)c3)cc2C)cc1C. The molecule has 0 unspecified atom stereocenters. The van der Waals surface area contributed by atoms with Crippen LogP contribution in [-0.2, 0) is 0 Å². The van der Waals surface area contributed by atoms with Crippen molar-refractivity contribution in [2.24, 2.45) is 0 Å². The lowest BCUT2D eigenvalue weighted by Gasteiger charge is -2.28. The van der Waals surface area contributed by atoms with Crippen molar-refractivity contribution in [3.05, 3.63) is 167 Å². The van der Waals surface area contributed by atoms with E-state index in [2.05, 4.69) is 185 Å². The summed E-state index contributed by atoms with van der Waals surface area (Å²) in [6, 6.07) is 48.4. The Labute approximate surface area is 262 Å². The number of para-hydroxylation sites is 2. The van der Waals surface area contributed by atoms with E-state index in [1.807, 2.05) is 0 Å². The summed E-state index contributed by atoms with van der Waals surface area (Å²) in [7, 11) is 0. The van der Waals surface area contributed by atoms with Crippen molar-refractivity contribution in [2.45, 2.75) is 41.5 Å². The summed E-state index contributed by atoms with van der Waals surface area (Å²) in [4.78, 5) is 4.72. The standard InChI is InChI=1S/C42H40N2/c1-29-17-21-39(27-31(29)3)43(37-13-9-7-10-14-37)41-23-19-35(25-33(41)5)36-20-24-42(34(6)26-36)44(38-15-11-8-12-16-38)40-22-18-30(2)32(4)28-40/h7-28H,1-6H3. The van der Waals surface area contributed by atoms with Gasteiger partial charge in [0.2, 0.25) is 0 Å². The fourth-order valence-electron chi connectivity index (χ4n) is 5.91. The maximum absolute atomic E-state index is 2.36. The maximum Gasteiger partial charge on any atom is 0.0491 e. The van der Waals surface area contributed by atoms with Crippen LogP contribution < -0.4 is 9.80 Å². The Morgan fingerprint density at radius 1 is 0.295 bits per heavy atom. The van der Waals surface area contributed by atoms with Gasteiger partial charge in [0.05, 0.1) is 0 Å². The Hall–Kier alpha value is -5.08. The van der Waals surface area contributed by atoms with Gasteiger partial charge in [0.25, 0.3) is 0 Å². The lowest BCUT2D eigenvalue weighted by Crippen LogP contribution is -2.12. The second kappa shape index (κ2) is 12.3. The van der Waals surface area contributed by atoms with E-state index in [4.69, 9.17) is 0 Å². The molecule has 6 aromatic rings. The second-order valence-electron chi connectivity index (χ2n) is 11.9. The van der Waals surface area contributed by atoms with Crippen molar-refractivity contribution < 1.29 is 0 Å². The summed E-state index contributed by atoms with van der Waals surface area (Å²) in [6.07, 6.45) is 0. The third-order valence-corrected chi connectivity index (χ3v) is 8.73. The van der Waals surface area contributed by atoms with Gasteiger partial charge in [0.15, 0.2) is 0 Å². The van der Waals surface area contributed by atoms with Crippen molar-refractivity contribution >= 4 is 34.1 Å². The number of nitrogens with zero attached hydrogens (tertiary/aromatic N) is 2. The van der Waals surface area contributed by atoms with E-state index >= 15 is 0 Å². The largest absolute Gasteiger partial charge is 0.310 e. The maximum atomic E-state index is 2.36. The molecule has 0 amide bonds. The smallest absolute Gasteiger partial charge is 0.0491 e. The Bertz CT molecular complexity index is 1780. The summed E-state index contributed by atoms with van der Waals surface area (Å²) in [5.41, 5.74) is 17.1. The predicted molar refractivity (Wildman–Crippen MR) is 190 cm³/mol. The van der Waals surface area contributed by atoms with E-state index < -0.39 is 0 Å². The third kappa shape index (κ3) is 5.76. The van der Waals surface area contributed by atoms with Crippen LogP contribution in [-0.4, -0.2) is 0 Å². The molecule has 0 aliphatic carbocycles. The molecular weight excluding hydrogens is 532 g/mol. The topological polar surface area (TPSA) is 6.48 Å². The summed E-state index contributed by atoms with van der Waals surface area (Å²) in [5.74, 6) is 0. The van der Waals surface area contributed by atoms with Crippen LogP contribution in [0.25, 0.3) is 11.1 Å². The van der Waals surface area contributed by atoms with E-state index in [9.17, 15) is 0 Å². The van der Waals surface area contributed by atoms with Crippen LogP contribution in [0.4, 0.5) is 34.1 Å². The molecule has 0 saturated carbocycles. The molecule has 0 N–H and O–H groups in total. The summed E-state index contributed by atoms with van der Waals surface area (Å²) in [5, 5.41) is 0. The van der Waals surface area contributed by atoms with Gasteiger partial charge in [0.1, 0.15) is 0 Å². The molecule has 6 rings (SSSR count). The zero-order valence-electron chi connectivity index (χ0n) is 26.6. The molecule has 0 bridgehead atoms. The lowest BCUT2D eigenvalue weighted by molar-refractivity contribution is 1.22. The highest BCUT2D eigenvalue weighted by Crippen LogP contribution is 2.41.